The SMILES string of the molecule is Cc1ncsc1-c1ccc([C@@H](NC(=O)[C@@H]2C[C@@H](O)CN2C(=O)[C@H]2NC(CN3CCN(CCCc4ccc(C(=O)NC5C(C)(C)C(Oc6ccc(C#N)c(C(F)(F)F)c6)C5(C)C)cc4)CC3)=CC2(C)C)C2COC2)cc1. The van der Waals surface area contributed by atoms with Gasteiger partial charge in [0.15, 0.2) is 0 Å². The van der Waals surface area contributed by atoms with Gasteiger partial charge in [-0.05, 0) is 73.3 Å². The monoisotopic (exact) mass is 1050 g/mol. The molecular formula is C57H69F3N8O6S. The third-order valence-corrected chi connectivity index (χ3v) is 17.2. The number of benzene rings is 3. The van der Waals surface area contributed by atoms with Crippen molar-refractivity contribution in [2.24, 2.45) is 22.2 Å². The lowest BCUT2D eigenvalue weighted by atomic mass is 9.49. The number of alkyl halides is 3. The highest BCUT2D eigenvalue weighted by atomic mass is 32.1. The summed E-state index contributed by atoms with van der Waals surface area (Å²) in [4.78, 5) is 54.0. The molecule has 1 aliphatic carbocycles. The van der Waals surface area contributed by atoms with Gasteiger partial charge in [-0.2, -0.15) is 18.4 Å². The molecule has 3 aromatic carbocycles. The van der Waals surface area contributed by atoms with Crippen molar-refractivity contribution in [2.75, 3.05) is 59.0 Å². The first-order valence-corrected chi connectivity index (χ1v) is 26.9. The maximum Gasteiger partial charge on any atom is 0.417 e. The normalized spacial score (nSPS) is 24.7. The van der Waals surface area contributed by atoms with Crippen LogP contribution in [0, 0.1) is 40.4 Å². The Labute approximate surface area is 441 Å². The Morgan fingerprint density at radius 1 is 0.973 bits per heavy atom. The van der Waals surface area contributed by atoms with Crippen molar-refractivity contribution in [3.8, 4) is 22.3 Å². The summed E-state index contributed by atoms with van der Waals surface area (Å²) < 4.78 is 52.6. The van der Waals surface area contributed by atoms with Gasteiger partial charge in [-0.3, -0.25) is 19.3 Å². The number of piperazine rings is 1. The fourth-order valence-electron chi connectivity index (χ4n) is 12.3. The minimum atomic E-state index is -4.70. The lowest BCUT2D eigenvalue weighted by Gasteiger charge is -2.63. The van der Waals surface area contributed by atoms with Gasteiger partial charge >= 0.3 is 6.18 Å². The molecule has 3 amide bonds. The summed E-state index contributed by atoms with van der Waals surface area (Å²) >= 11 is 1.59. The molecule has 400 valence electrons. The van der Waals surface area contributed by atoms with E-state index in [0.29, 0.717) is 25.3 Å². The maximum atomic E-state index is 14.4. The largest absolute Gasteiger partial charge is 0.489 e. The van der Waals surface area contributed by atoms with E-state index in [9.17, 15) is 37.9 Å². The van der Waals surface area contributed by atoms with E-state index in [1.165, 1.54) is 6.07 Å². The molecule has 3 saturated heterocycles. The summed E-state index contributed by atoms with van der Waals surface area (Å²) in [5.41, 5.74) is 4.22. The Balaban J connectivity index is 0.713. The number of aliphatic hydroxyl groups is 1. The molecule has 4 fully saturated rings. The summed E-state index contributed by atoms with van der Waals surface area (Å²) in [6, 6.07) is 18.8. The second-order valence-corrected chi connectivity index (χ2v) is 23.8. The summed E-state index contributed by atoms with van der Waals surface area (Å²) in [5, 5.41) is 30.0. The van der Waals surface area contributed by atoms with Gasteiger partial charge in [0.2, 0.25) is 11.8 Å². The smallest absolute Gasteiger partial charge is 0.417 e. The number of likely N-dealkylation sites (tertiary alicyclic amines) is 1. The van der Waals surface area contributed by atoms with Crippen LogP contribution in [0.5, 0.6) is 5.75 Å². The molecule has 5 heterocycles. The first-order valence-electron chi connectivity index (χ1n) is 26.0. The number of amides is 3. The molecule has 0 spiro atoms. The van der Waals surface area contributed by atoms with E-state index < -0.39 is 57.8 Å². The van der Waals surface area contributed by atoms with Gasteiger partial charge in [-0.1, -0.05) is 84.0 Å². The summed E-state index contributed by atoms with van der Waals surface area (Å²) in [5.74, 6) is -0.591. The van der Waals surface area contributed by atoms with Crippen molar-refractivity contribution in [2.45, 2.75) is 110 Å². The minimum absolute atomic E-state index is 0.0191. The van der Waals surface area contributed by atoms with E-state index in [1.54, 1.807) is 22.3 Å². The van der Waals surface area contributed by atoms with Crippen molar-refractivity contribution in [3.63, 3.8) is 0 Å². The number of hydrogen-bond donors (Lipinski definition) is 4. The Kier molecular flexibility index (Phi) is 15.3. The number of carbonyl (C=O) groups is 3. The van der Waals surface area contributed by atoms with Gasteiger partial charge in [0, 0.05) is 85.2 Å². The van der Waals surface area contributed by atoms with E-state index in [-0.39, 0.29) is 54.4 Å². The molecule has 0 bridgehead atoms. The number of aromatic nitrogens is 1. The average Bonchev–Trinajstić information content (AvgIpc) is 4.09. The van der Waals surface area contributed by atoms with Gasteiger partial charge in [-0.15, -0.1) is 11.3 Å². The second-order valence-electron chi connectivity index (χ2n) is 22.9. The first-order chi connectivity index (χ1) is 35.5. The zero-order valence-corrected chi connectivity index (χ0v) is 44.6. The topological polar surface area (TPSA) is 172 Å². The van der Waals surface area contributed by atoms with Gasteiger partial charge in [0.05, 0.1) is 58.6 Å². The molecule has 75 heavy (non-hydrogen) atoms. The van der Waals surface area contributed by atoms with Crippen LogP contribution in [-0.2, 0) is 26.9 Å². The number of thiazole rings is 1. The van der Waals surface area contributed by atoms with Crippen LogP contribution in [0.4, 0.5) is 13.2 Å². The van der Waals surface area contributed by atoms with E-state index in [4.69, 9.17) is 9.47 Å². The number of aliphatic hydroxyl groups excluding tert-OH is 1. The Bertz CT molecular complexity index is 2800. The predicted octanol–water partition coefficient (Wildman–Crippen LogP) is 7.52. The van der Waals surface area contributed by atoms with E-state index >= 15 is 0 Å². The number of nitriles is 1. The zero-order valence-electron chi connectivity index (χ0n) is 43.8. The molecule has 0 unspecified atom stereocenters. The van der Waals surface area contributed by atoms with E-state index in [2.05, 4.69) is 48.9 Å². The van der Waals surface area contributed by atoms with E-state index in [0.717, 1.165) is 90.7 Å². The van der Waals surface area contributed by atoms with Crippen LogP contribution in [-0.4, -0.2) is 132 Å². The molecule has 1 saturated carbocycles. The molecule has 1 aromatic heterocycles. The number of nitrogens with zero attached hydrogens (tertiary/aromatic N) is 5. The minimum Gasteiger partial charge on any atom is -0.489 e. The molecule has 4 atom stereocenters. The predicted molar refractivity (Wildman–Crippen MR) is 279 cm³/mol. The van der Waals surface area contributed by atoms with Gasteiger partial charge < -0.3 is 40.3 Å². The van der Waals surface area contributed by atoms with Crippen LogP contribution in [0.3, 0.4) is 0 Å². The van der Waals surface area contributed by atoms with Crippen molar-refractivity contribution in [1.82, 2.24) is 35.6 Å². The molecular weight excluding hydrogens is 982 g/mol. The fraction of sp³-hybridized carbons (Fsp3) is 0.526. The standard InChI is InChI=1S/C57H69F3N8O6S/c1-34-47(75-33-62-34)37-16-14-36(15-17-37)46(40-31-73-32-40)64-50(71)45-25-42(69)30-68(45)51(72)48-54(2,3)27-41(63-48)29-67-23-21-66(22-24-67)20-8-9-35-10-12-38(13-11-35)49(70)65-52-55(4,5)53(56(52,6)7)74-43-19-18-39(28-61)44(26-43)57(58,59)60/h10-19,26-27,33,40,42,45-46,48,52-53,63,69H,8-9,20-25,29-32H2,1-7H3,(H,64,71)(H,65,70)/t42-,45+,46-,48-,52?,53?/m1/s1. The molecule has 18 heteroatoms. The number of rotatable bonds is 16. The van der Waals surface area contributed by atoms with Crippen molar-refractivity contribution in [1.29, 1.82) is 5.26 Å². The highest BCUT2D eigenvalue weighted by molar-refractivity contribution is 7.13. The number of carbonyl (C=O) groups excluding carboxylic acids is 3. The Morgan fingerprint density at radius 3 is 2.27 bits per heavy atom. The number of ether oxygens (including phenoxy) is 2. The molecule has 4 N–H and O–H groups in total. The van der Waals surface area contributed by atoms with Crippen LogP contribution in [0.1, 0.15) is 98.7 Å². The number of aryl methyl sites for hydroxylation is 2. The van der Waals surface area contributed by atoms with Gasteiger partial charge in [-0.25, -0.2) is 4.98 Å². The molecule has 4 aliphatic heterocycles. The molecule has 4 aromatic rings. The van der Waals surface area contributed by atoms with Gasteiger partial charge in [0.25, 0.3) is 5.91 Å². The summed E-state index contributed by atoms with van der Waals surface area (Å²) in [7, 11) is 0. The van der Waals surface area contributed by atoms with Crippen molar-refractivity contribution in [3.05, 3.63) is 118 Å². The van der Waals surface area contributed by atoms with Crippen LogP contribution < -0.4 is 20.7 Å². The summed E-state index contributed by atoms with van der Waals surface area (Å²) in [6.07, 6.45) is -1.90. The number of nitrogens with one attached hydrogen (secondary N) is 3. The van der Waals surface area contributed by atoms with Crippen LogP contribution in [0.25, 0.3) is 10.4 Å². The van der Waals surface area contributed by atoms with Crippen LogP contribution in [0.15, 0.2) is 84.0 Å². The van der Waals surface area contributed by atoms with E-state index in [1.807, 2.05) is 90.4 Å². The summed E-state index contributed by atoms with van der Waals surface area (Å²) in [6.45, 7) is 20.1. The number of halogens is 3. The highest BCUT2D eigenvalue weighted by Gasteiger charge is 2.64. The molecule has 5 aliphatic rings. The number of hydrogen-bond acceptors (Lipinski definition) is 12. The molecule has 9 rings (SSSR count). The van der Waals surface area contributed by atoms with Crippen LogP contribution >= 0.6 is 11.3 Å². The third-order valence-electron chi connectivity index (χ3n) is 16.2. The fourth-order valence-corrected chi connectivity index (χ4v) is 13.1. The Hall–Kier alpha value is -5.84. The van der Waals surface area contributed by atoms with Crippen LogP contribution in [0.2, 0.25) is 0 Å². The van der Waals surface area contributed by atoms with Crippen molar-refractivity contribution < 1.29 is 42.1 Å². The quantitative estimate of drug-likeness (QED) is 0.0875. The Morgan fingerprint density at radius 2 is 1.65 bits per heavy atom. The van der Waals surface area contributed by atoms with Crippen molar-refractivity contribution >= 4 is 29.1 Å². The lowest BCUT2D eigenvalue weighted by molar-refractivity contribution is -0.164. The average molecular weight is 1050 g/mol. The highest BCUT2D eigenvalue weighted by Crippen LogP contribution is 2.56. The first kappa shape index (κ1) is 54.0. The third kappa shape index (κ3) is 11.3. The molecule has 14 nitrogen and oxygen atoms in total. The molecule has 0 radical (unpaired) electrons. The zero-order chi connectivity index (χ0) is 53.6. The maximum absolute atomic E-state index is 14.4. The lowest BCUT2D eigenvalue weighted by Crippen LogP contribution is -2.74. The van der Waals surface area contributed by atoms with Gasteiger partial charge in [0.1, 0.15) is 23.9 Å². The second kappa shape index (κ2) is 21.3. The number of β-amino-alcohol motifs (C(OH)–C–C–N with tert-alkyl or cyclic N) is 1.